The second kappa shape index (κ2) is 4.28. The molecule has 0 atom stereocenters. The van der Waals surface area contributed by atoms with Crippen molar-refractivity contribution in [2.45, 2.75) is 26.9 Å². The van der Waals surface area contributed by atoms with E-state index in [1.165, 1.54) is 6.92 Å². The van der Waals surface area contributed by atoms with E-state index < -0.39 is 0 Å². The van der Waals surface area contributed by atoms with E-state index in [4.69, 9.17) is 11.6 Å². The van der Waals surface area contributed by atoms with E-state index in [1.807, 2.05) is 6.92 Å². The number of hydrogen-bond donors (Lipinski definition) is 1. The predicted octanol–water partition coefficient (Wildman–Crippen LogP) is 1.19. The number of aryl methyl sites for hydroxylation is 1. The van der Waals surface area contributed by atoms with Crippen LogP contribution in [0.25, 0.3) is 0 Å². The molecule has 0 fully saturated rings. The smallest absolute Gasteiger partial charge is 0.217 e. The molecule has 0 aliphatic rings. The molecule has 1 rings (SSSR count). The van der Waals surface area contributed by atoms with Gasteiger partial charge in [0.2, 0.25) is 5.91 Å². The molecule has 0 bridgehead atoms. The molecule has 72 valence electrons. The highest BCUT2D eigenvalue weighted by molar-refractivity contribution is 6.31. The zero-order valence-corrected chi connectivity index (χ0v) is 8.43. The van der Waals surface area contributed by atoms with Gasteiger partial charge in [0.15, 0.2) is 0 Å². The third kappa shape index (κ3) is 2.73. The molecule has 1 aromatic heterocycles. The Bertz CT molecular complexity index is 308. The van der Waals surface area contributed by atoms with Crippen LogP contribution in [0.1, 0.15) is 19.5 Å². The van der Waals surface area contributed by atoms with Crippen molar-refractivity contribution in [2.75, 3.05) is 0 Å². The fourth-order valence-electron chi connectivity index (χ4n) is 0.927. The third-order valence-corrected chi connectivity index (χ3v) is 1.93. The molecule has 0 saturated carbocycles. The maximum absolute atomic E-state index is 10.6. The Balaban J connectivity index is 2.65. The van der Waals surface area contributed by atoms with Crippen LogP contribution in [0.4, 0.5) is 0 Å². The topological polar surface area (TPSA) is 46.9 Å². The van der Waals surface area contributed by atoms with Crippen LogP contribution in [-0.2, 0) is 17.9 Å². The number of amides is 1. The van der Waals surface area contributed by atoms with Crippen molar-refractivity contribution >= 4 is 17.5 Å². The monoisotopic (exact) mass is 201 g/mol. The Labute approximate surface area is 81.9 Å². The van der Waals surface area contributed by atoms with Gasteiger partial charge in [0.05, 0.1) is 11.6 Å². The number of carbonyl (C=O) groups is 1. The molecule has 0 unspecified atom stereocenters. The molecule has 0 saturated heterocycles. The average molecular weight is 202 g/mol. The Morgan fingerprint density at radius 1 is 1.77 bits per heavy atom. The molecular weight excluding hydrogens is 190 g/mol. The van der Waals surface area contributed by atoms with E-state index in [0.29, 0.717) is 17.3 Å². The number of nitrogens with zero attached hydrogens (tertiary/aromatic N) is 2. The molecular formula is C8H12ClN3O. The van der Waals surface area contributed by atoms with E-state index in [-0.39, 0.29) is 5.91 Å². The zero-order chi connectivity index (χ0) is 9.84. The highest BCUT2D eigenvalue weighted by atomic mass is 35.5. The summed E-state index contributed by atoms with van der Waals surface area (Å²) in [6.45, 7) is 4.61. The molecule has 1 N–H and O–H groups in total. The fraction of sp³-hybridized carbons (Fsp3) is 0.500. The lowest BCUT2D eigenvalue weighted by Gasteiger charge is -1.97. The van der Waals surface area contributed by atoms with Gasteiger partial charge >= 0.3 is 0 Å². The Morgan fingerprint density at radius 3 is 2.92 bits per heavy atom. The van der Waals surface area contributed by atoms with Crippen LogP contribution < -0.4 is 5.32 Å². The summed E-state index contributed by atoms with van der Waals surface area (Å²) in [6, 6.07) is 0. The normalized spacial score (nSPS) is 10.1. The van der Waals surface area contributed by atoms with Gasteiger partial charge < -0.3 is 5.32 Å². The first-order chi connectivity index (χ1) is 6.13. The van der Waals surface area contributed by atoms with Crippen LogP contribution in [0, 0.1) is 0 Å². The van der Waals surface area contributed by atoms with Gasteiger partial charge in [0.1, 0.15) is 5.69 Å². The first kappa shape index (κ1) is 10.1. The van der Waals surface area contributed by atoms with E-state index in [2.05, 4.69) is 10.4 Å². The first-order valence-electron chi connectivity index (χ1n) is 4.09. The van der Waals surface area contributed by atoms with Crippen LogP contribution in [0.5, 0.6) is 0 Å². The highest BCUT2D eigenvalue weighted by Gasteiger charge is 2.05. The van der Waals surface area contributed by atoms with Gasteiger partial charge in [-0.15, -0.1) is 0 Å². The van der Waals surface area contributed by atoms with Crippen LogP contribution in [0.3, 0.4) is 0 Å². The Hall–Kier alpha value is -1.03. The first-order valence-corrected chi connectivity index (χ1v) is 4.47. The van der Waals surface area contributed by atoms with Crippen molar-refractivity contribution in [3.8, 4) is 0 Å². The lowest BCUT2D eigenvalue weighted by atomic mass is 10.4. The number of nitrogens with one attached hydrogen (secondary N) is 1. The average Bonchev–Trinajstić information content (AvgIpc) is 2.43. The zero-order valence-electron chi connectivity index (χ0n) is 7.67. The number of rotatable bonds is 3. The molecule has 1 amide bonds. The van der Waals surface area contributed by atoms with E-state index in [1.54, 1.807) is 10.9 Å². The molecule has 4 nitrogen and oxygen atoms in total. The standard InChI is InChI=1S/C8H12ClN3O/c1-3-12-5-7(9)8(11-12)4-10-6(2)13/h5H,3-4H2,1-2H3,(H,10,13). The minimum Gasteiger partial charge on any atom is -0.351 e. The molecule has 0 aliphatic heterocycles. The van der Waals surface area contributed by atoms with Crippen molar-refractivity contribution in [2.24, 2.45) is 0 Å². The van der Waals surface area contributed by atoms with Gasteiger partial charge in [-0.05, 0) is 6.92 Å². The second-order valence-corrected chi connectivity index (χ2v) is 3.10. The molecule has 1 aromatic rings. The van der Waals surface area contributed by atoms with Crippen LogP contribution in [-0.4, -0.2) is 15.7 Å². The lowest BCUT2D eigenvalue weighted by Crippen LogP contribution is -2.19. The molecule has 0 spiro atoms. The number of hydrogen-bond acceptors (Lipinski definition) is 2. The van der Waals surface area contributed by atoms with Crippen LogP contribution >= 0.6 is 11.6 Å². The summed E-state index contributed by atoms with van der Waals surface area (Å²) in [6.07, 6.45) is 1.75. The molecule has 13 heavy (non-hydrogen) atoms. The second-order valence-electron chi connectivity index (χ2n) is 2.69. The lowest BCUT2D eigenvalue weighted by molar-refractivity contribution is -0.119. The number of halogens is 1. The minimum absolute atomic E-state index is 0.0814. The van der Waals surface area contributed by atoms with Gasteiger partial charge in [0, 0.05) is 19.7 Å². The number of carbonyl (C=O) groups excluding carboxylic acids is 1. The third-order valence-electron chi connectivity index (χ3n) is 1.62. The van der Waals surface area contributed by atoms with Gasteiger partial charge in [-0.25, -0.2) is 0 Å². The van der Waals surface area contributed by atoms with E-state index in [9.17, 15) is 4.79 Å². The summed E-state index contributed by atoms with van der Waals surface area (Å²) >= 11 is 5.87. The largest absolute Gasteiger partial charge is 0.351 e. The molecule has 0 aliphatic carbocycles. The van der Waals surface area contributed by atoms with Crippen molar-refractivity contribution in [1.29, 1.82) is 0 Å². The fourth-order valence-corrected chi connectivity index (χ4v) is 1.14. The Kier molecular flexibility index (Phi) is 3.31. The molecule has 0 aromatic carbocycles. The SMILES string of the molecule is CCn1cc(Cl)c(CNC(C)=O)n1. The summed E-state index contributed by atoms with van der Waals surface area (Å²) in [5.41, 5.74) is 0.707. The van der Waals surface area contributed by atoms with Crippen molar-refractivity contribution < 1.29 is 4.79 Å². The van der Waals surface area contributed by atoms with Crippen LogP contribution in [0.2, 0.25) is 5.02 Å². The van der Waals surface area contributed by atoms with Crippen molar-refractivity contribution in [1.82, 2.24) is 15.1 Å². The maximum atomic E-state index is 10.6. The maximum Gasteiger partial charge on any atom is 0.217 e. The molecule has 0 radical (unpaired) electrons. The van der Waals surface area contributed by atoms with E-state index >= 15 is 0 Å². The molecule has 1 heterocycles. The van der Waals surface area contributed by atoms with Gasteiger partial charge in [-0.1, -0.05) is 11.6 Å². The number of aromatic nitrogens is 2. The van der Waals surface area contributed by atoms with Crippen LogP contribution in [0.15, 0.2) is 6.20 Å². The summed E-state index contributed by atoms with van der Waals surface area (Å²) in [4.78, 5) is 10.6. The van der Waals surface area contributed by atoms with Crippen molar-refractivity contribution in [3.05, 3.63) is 16.9 Å². The minimum atomic E-state index is -0.0814. The molecule has 5 heteroatoms. The van der Waals surface area contributed by atoms with E-state index in [0.717, 1.165) is 6.54 Å². The summed E-state index contributed by atoms with van der Waals surface area (Å²) in [5, 5.41) is 7.40. The van der Waals surface area contributed by atoms with Gasteiger partial charge in [-0.3, -0.25) is 9.48 Å². The Morgan fingerprint density at radius 2 is 2.46 bits per heavy atom. The van der Waals surface area contributed by atoms with Gasteiger partial charge in [0.25, 0.3) is 0 Å². The quantitative estimate of drug-likeness (QED) is 0.799. The summed E-state index contributed by atoms with van der Waals surface area (Å²) in [7, 11) is 0. The summed E-state index contributed by atoms with van der Waals surface area (Å²) < 4.78 is 1.74. The van der Waals surface area contributed by atoms with Crippen molar-refractivity contribution in [3.63, 3.8) is 0 Å². The summed E-state index contributed by atoms with van der Waals surface area (Å²) in [5.74, 6) is -0.0814. The van der Waals surface area contributed by atoms with Gasteiger partial charge in [-0.2, -0.15) is 5.10 Å². The predicted molar refractivity (Wildman–Crippen MR) is 50.4 cm³/mol. The highest BCUT2D eigenvalue weighted by Crippen LogP contribution is 2.13.